The molecule has 29 heavy (non-hydrogen) atoms. The Balaban J connectivity index is 1.72. The Morgan fingerprint density at radius 3 is 2.59 bits per heavy atom. The van der Waals surface area contributed by atoms with Crippen LogP contribution < -0.4 is 4.74 Å². The van der Waals surface area contributed by atoms with Gasteiger partial charge in [-0.15, -0.1) is 11.3 Å². The fraction of sp³-hybridized carbons (Fsp3) is 0.0435. The molecule has 0 radical (unpaired) electrons. The van der Waals surface area contributed by atoms with Crippen molar-refractivity contribution in [1.82, 2.24) is 0 Å². The number of fused-ring (bicyclic) bond motifs is 1. The van der Waals surface area contributed by atoms with Crippen LogP contribution in [0.1, 0.15) is 26.4 Å². The van der Waals surface area contributed by atoms with Crippen molar-refractivity contribution >= 4 is 43.1 Å². The van der Waals surface area contributed by atoms with Gasteiger partial charge in [0, 0.05) is 25.7 Å². The van der Waals surface area contributed by atoms with Gasteiger partial charge in [-0.25, -0.2) is 4.39 Å². The largest absolute Gasteiger partial charge is 0.486 e. The van der Waals surface area contributed by atoms with Crippen molar-refractivity contribution in [3.8, 4) is 11.8 Å². The topological polar surface area (TPSA) is 50.1 Å². The van der Waals surface area contributed by atoms with Crippen LogP contribution in [0.5, 0.6) is 5.75 Å². The van der Waals surface area contributed by atoms with E-state index < -0.39 is 0 Å². The summed E-state index contributed by atoms with van der Waals surface area (Å²) in [7, 11) is 0. The summed E-state index contributed by atoms with van der Waals surface area (Å²) >= 11 is 4.58. The van der Waals surface area contributed by atoms with Gasteiger partial charge in [0.05, 0.1) is 11.6 Å². The number of carbonyl (C=O) groups excluding carboxylic acids is 1. The van der Waals surface area contributed by atoms with Gasteiger partial charge in [-0.3, -0.25) is 4.79 Å². The van der Waals surface area contributed by atoms with Gasteiger partial charge in [0.2, 0.25) is 5.78 Å². The molecule has 0 amide bonds. The molecule has 0 N–H and O–H groups in total. The molecule has 6 heteroatoms. The highest BCUT2D eigenvalue weighted by atomic mass is 79.9. The summed E-state index contributed by atoms with van der Waals surface area (Å²) in [5.41, 5.74) is 1.36. The third-order valence-electron chi connectivity index (χ3n) is 4.42. The fourth-order valence-corrected chi connectivity index (χ4v) is 4.37. The van der Waals surface area contributed by atoms with E-state index in [9.17, 15) is 9.18 Å². The first-order valence-electron chi connectivity index (χ1n) is 8.70. The summed E-state index contributed by atoms with van der Waals surface area (Å²) in [6.07, 6.45) is 0. The summed E-state index contributed by atoms with van der Waals surface area (Å²) in [5.74, 6) is -0.122. The normalized spacial score (nSPS) is 10.7. The van der Waals surface area contributed by atoms with Gasteiger partial charge < -0.3 is 4.74 Å². The molecule has 1 heterocycles. The molecule has 0 aliphatic heterocycles. The van der Waals surface area contributed by atoms with Gasteiger partial charge in [0.25, 0.3) is 0 Å². The Kier molecular flexibility index (Phi) is 5.43. The summed E-state index contributed by atoms with van der Waals surface area (Å²) in [6, 6.07) is 20.9. The Labute approximate surface area is 179 Å². The molecule has 0 unspecified atom stereocenters. The SMILES string of the molecule is N#Cc1ccc(C(=O)c2sc3ccccc3c2OCc2ccc(Br)cc2F)cc1. The van der Waals surface area contributed by atoms with E-state index in [2.05, 4.69) is 15.9 Å². The zero-order valence-electron chi connectivity index (χ0n) is 15.0. The van der Waals surface area contributed by atoms with Gasteiger partial charge in [0.1, 0.15) is 23.1 Å². The van der Waals surface area contributed by atoms with E-state index in [1.165, 1.54) is 17.4 Å². The monoisotopic (exact) mass is 465 g/mol. The molecular formula is C23H13BrFNO2S. The van der Waals surface area contributed by atoms with Crippen molar-refractivity contribution in [2.24, 2.45) is 0 Å². The van der Waals surface area contributed by atoms with E-state index in [0.29, 0.717) is 31.8 Å². The maximum atomic E-state index is 14.2. The summed E-state index contributed by atoms with van der Waals surface area (Å²) in [5, 5.41) is 9.77. The van der Waals surface area contributed by atoms with E-state index in [1.807, 2.05) is 30.3 Å². The van der Waals surface area contributed by atoms with E-state index in [0.717, 1.165) is 10.1 Å². The molecule has 0 spiro atoms. The highest BCUT2D eigenvalue weighted by Crippen LogP contribution is 2.39. The van der Waals surface area contributed by atoms with E-state index >= 15 is 0 Å². The van der Waals surface area contributed by atoms with Crippen LogP contribution in [0, 0.1) is 17.1 Å². The third-order valence-corrected chi connectivity index (χ3v) is 6.06. The predicted octanol–water partition coefficient (Wildman–Crippen LogP) is 6.48. The number of ether oxygens (including phenoxy) is 1. The highest BCUT2D eigenvalue weighted by molar-refractivity contribution is 9.10. The maximum Gasteiger partial charge on any atom is 0.206 e. The molecule has 3 nitrogen and oxygen atoms in total. The van der Waals surface area contributed by atoms with Gasteiger partial charge in [-0.05, 0) is 48.5 Å². The van der Waals surface area contributed by atoms with Crippen LogP contribution in [0.25, 0.3) is 10.1 Å². The van der Waals surface area contributed by atoms with Crippen molar-refractivity contribution in [2.45, 2.75) is 6.61 Å². The zero-order chi connectivity index (χ0) is 20.4. The minimum absolute atomic E-state index is 0.00743. The zero-order valence-corrected chi connectivity index (χ0v) is 17.4. The predicted molar refractivity (Wildman–Crippen MR) is 115 cm³/mol. The lowest BCUT2D eigenvalue weighted by molar-refractivity contribution is 0.103. The summed E-state index contributed by atoms with van der Waals surface area (Å²) in [6.45, 7) is 0.00743. The molecule has 0 aliphatic rings. The Hall–Kier alpha value is -3.01. The number of benzene rings is 3. The smallest absolute Gasteiger partial charge is 0.206 e. The molecule has 3 aromatic carbocycles. The van der Waals surface area contributed by atoms with Gasteiger partial charge in [-0.1, -0.05) is 34.1 Å². The average Bonchev–Trinajstić information content (AvgIpc) is 3.11. The minimum atomic E-state index is -0.376. The third kappa shape index (κ3) is 3.93. The molecule has 1 aromatic heterocycles. The van der Waals surface area contributed by atoms with Crippen LogP contribution in [0.15, 0.2) is 71.2 Å². The minimum Gasteiger partial charge on any atom is -0.486 e. The van der Waals surface area contributed by atoms with Crippen LogP contribution in [0.4, 0.5) is 4.39 Å². The van der Waals surface area contributed by atoms with Crippen LogP contribution in [0.2, 0.25) is 0 Å². The Bertz CT molecular complexity index is 1260. The molecule has 0 aliphatic carbocycles. The van der Waals surface area contributed by atoms with Crippen molar-refractivity contribution in [1.29, 1.82) is 5.26 Å². The average molecular weight is 466 g/mol. The fourth-order valence-electron chi connectivity index (χ4n) is 2.93. The first-order valence-corrected chi connectivity index (χ1v) is 10.3. The van der Waals surface area contributed by atoms with Crippen molar-refractivity contribution in [3.05, 3.63) is 98.6 Å². The molecule has 0 bridgehead atoms. The number of hydrogen-bond acceptors (Lipinski definition) is 4. The lowest BCUT2D eigenvalue weighted by Gasteiger charge is -2.09. The highest BCUT2D eigenvalue weighted by Gasteiger charge is 2.21. The molecule has 0 fully saturated rings. The van der Waals surface area contributed by atoms with E-state index in [1.54, 1.807) is 36.4 Å². The summed E-state index contributed by atoms with van der Waals surface area (Å²) in [4.78, 5) is 13.6. The number of hydrogen-bond donors (Lipinski definition) is 0. The number of thiophene rings is 1. The van der Waals surface area contributed by atoms with Crippen LogP contribution in [-0.4, -0.2) is 5.78 Å². The molecule has 0 saturated carbocycles. The van der Waals surface area contributed by atoms with Crippen molar-refractivity contribution in [2.75, 3.05) is 0 Å². The number of halogens is 2. The maximum absolute atomic E-state index is 14.2. The molecule has 4 rings (SSSR count). The summed E-state index contributed by atoms with van der Waals surface area (Å²) < 4.78 is 21.7. The molecular weight excluding hydrogens is 453 g/mol. The first-order chi connectivity index (χ1) is 14.1. The van der Waals surface area contributed by atoms with Crippen molar-refractivity contribution < 1.29 is 13.9 Å². The Morgan fingerprint density at radius 2 is 1.86 bits per heavy atom. The second-order valence-corrected chi connectivity index (χ2v) is 8.27. The van der Waals surface area contributed by atoms with E-state index in [-0.39, 0.29) is 18.2 Å². The van der Waals surface area contributed by atoms with Gasteiger partial charge >= 0.3 is 0 Å². The van der Waals surface area contributed by atoms with E-state index in [4.69, 9.17) is 10.00 Å². The molecule has 0 atom stereocenters. The quantitative estimate of drug-likeness (QED) is 0.316. The number of nitrogens with zero attached hydrogens (tertiary/aromatic N) is 1. The lowest BCUT2D eigenvalue weighted by atomic mass is 10.1. The van der Waals surface area contributed by atoms with Crippen LogP contribution >= 0.6 is 27.3 Å². The number of rotatable bonds is 5. The van der Waals surface area contributed by atoms with Gasteiger partial charge in [0.15, 0.2) is 0 Å². The standard InChI is InChI=1S/C23H13BrFNO2S/c24-17-10-9-16(19(25)11-17)13-28-22-18-3-1-2-4-20(18)29-23(22)21(27)15-7-5-14(12-26)6-8-15/h1-11H,13H2. The molecule has 0 saturated heterocycles. The Morgan fingerprint density at radius 1 is 1.10 bits per heavy atom. The van der Waals surface area contributed by atoms with Crippen LogP contribution in [-0.2, 0) is 6.61 Å². The molecule has 142 valence electrons. The number of carbonyl (C=O) groups is 1. The first kappa shape index (κ1) is 19.3. The second kappa shape index (κ2) is 8.16. The van der Waals surface area contributed by atoms with Crippen molar-refractivity contribution in [3.63, 3.8) is 0 Å². The lowest BCUT2D eigenvalue weighted by Crippen LogP contribution is -2.04. The second-order valence-electron chi connectivity index (χ2n) is 6.30. The number of ketones is 1. The van der Waals surface area contributed by atoms with Crippen LogP contribution in [0.3, 0.4) is 0 Å². The van der Waals surface area contributed by atoms with Gasteiger partial charge in [-0.2, -0.15) is 5.26 Å². The molecule has 4 aromatic rings. The number of nitriles is 1.